The largest absolute Gasteiger partial charge is 0.353 e. The van der Waals surface area contributed by atoms with Gasteiger partial charge in [-0.25, -0.2) is 0 Å². The molecule has 0 heterocycles. The molecule has 1 rings (SSSR count). The molecule has 0 aromatic rings. The highest BCUT2D eigenvalue weighted by Gasteiger charge is 2.54. The quantitative estimate of drug-likeness (QED) is 0.587. The summed E-state index contributed by atoms with van der Waals surface area (Å²) in [7, 11) is 3.41. The van der Waals surface area contributed by atoms with Crippen molar-refractivity contribution in [3.8, 4) is 0 Å². The second-order valence-corrected chi connectivity index (χ2v) is 4.56. The molecule has 0 unspecified atom stereocenters. The van der Waals surface area contributed by atoms with E-state index >= 15 is 0 Å². The van der Waals surface area contributed by atoms with Crippen LogP contribution in [0.2, 0.25) is 0 Å². The molecule has 0 N–H and O–H groups in total. The van der Waals surface area contributed by atoms with Crippen LogP contribution in [0.4, 0.5) is 0 Å². The smallest absolute Gasteiger partial charge is 0.168 e. The van der Waals surface area contributed by atoms with Crippen LogP contribution in [0, 0.1) is 5.41 Å². The van der Waals surface area contributed by atoms with E-state index in [1.165, 1.54) is 0 Å². The standard InChI is InChI=1S/C8H14Br2O2/c1-11-8(12-2)3-7(4-8,5-9)6-10/h3-6H2,1-2H3. The Morgan fingerprint density at radius 3 is 1.75 bits per heavy atom. The topological polar surface area (TPSA) is 18.5 Å². The van der Waals surface area contributed by atoms with E-state index in [2.05, 4.69) is 31.9 Å². The lowest BCUT2D eigenvalue weighted by Gasteiger charge is -2.52. The van der Waals surface area contributed by atoms with Crippen molar-refractivity contribution in [2.45, 2.75) is 18.6 Å². The predicted molar refractivity (Wildman–Crippen MR) is 56.0 cm³/mol. The van der Waals surface area contributed by atoms with E-state index in [-0.39, 0.29) is 5.79 Å². The summed E-state index contributed by atoms with van der Waals surface area (Å²) < 4.78 is 10.6. The van der Waals surface area contributed by atoms with Gasteiger partial charge in [-0.2, -0.15) is 0 Å². The lowest BCUT2D eigenvalue weighted by atomic mass is 9.67. The number of alkyl halides is 2. The van der Waals surface area contributed by atoms with Crippen LogP contribution < -0.4 is 0 Å². The van der Waals surface area contributed by atoms with Crippen molar-refractivity contribution in [1.29, 1.82) is 0 Å². The average Bonchev–Trinajstić information content (AvgIpc) is 2.07. The third-order valence-corrected chi connectivity index (χ3v) is 4.98. The number of halogens is 2. The molecule has 1 aliphatic rings. The molecule has 0 aromatic carbocycles. The second-order valence-electron chi connectivity index (χ2n) is 3.44. The Morgan fingerprint density at radius 2 is 1.50 bits per heavy atom. The Hall–Kier alpha value is 0.880. The molecule has 0 bridgehead atoms. The van der Waals surface area contributed by atoms with Crippen molar-refractivity contribution >= 4 is 31.9 Å². The van der Waals surface area contributed by atoms with Crippen LogP contribution >= 0.6 is 31.9 Å². The minimum Gasteiger partial charge on any atom is -0.353 e. The van der Waals surface area contributed by atoms with Gasteiger partial charge in [0.2, 0.25) is 0 Å². The Balaban J connectivity index is 2.52. The zero-order valence-electron chi connectivity index (χ0n) is 7.40. The molecule has 1 saturated carbocycles. The van der Waals surface area contributed by atoms with Gasteiger partial charge in [-0.15, -0.1) is 0 Å². The van der Waals surface area contributed by atoms with Gasteiger partial charge in [-0.05, 0) is 5.41 Å². The maximum Gasteiger partial charge on any atom is 0.168 e. The highest BCUT2D eigenvalue weighted by Crippen LogP contribution is 2.52. The van der Waals surface area contributed by atoms with E-state index in [1.54, 1.807) is 14.2 Å². The van der Waals surface area contributed by atoms with Crippen molar-refractivity contribution in [1.82, 2.24) is 0 Å². The molecule has 12 heavy (non-hydrogen) atoms. The van der Waals surface area contributed by atoms with Crippen LogP contribution in [0.3, 0.4) is 0 Å². The van der Waals surface area contributed by atoms with Crippen molar-refractivity contribution < 1.29 is 9.47 Å². The molecule has 1 aliphatic carbocycles. The van der Waals surface area contributed by atoms with E-state index < -0.39 is 0 Å². The third-order valence-electron chi connectivity index (χ3n) is 2.60. The van der Waals surface area contributed by atoms with Crippen molar-refractivity contribution in [2.75, 3.05) is 24.9 Å². The molecule has 0 atom stereocenters. The molecule has 0 aromatic heterocycles. The fraction of sp³-hybridized carbons (Fsp3) is 1.00. The molecule has 4 heteroatoms. The van der Waals surface area contributed by atoms with Gasteiger partial charge in [0, 0.05) is 37.7 Å². The first kappa shape index (κ1) is 11.0. The van der Waals surface area contributed by atoms with Crippen LogP contribution in [-0.2, 0) is 9.47 Å². The summed E-state index contributed by atoms with van der Waals surface area (Å²) in [5.74, 6) is -0.318. The summed E-state index contributed by atoms with van der Waals surface area (Å²) in [6, 6.07) is 0. The maximum atomic E-state index is 5.32. The summed E-state index contributed by atoms with van der Waals surface area (Å²) in [5.41, 5.74) is 0.325. The van der Waals surface area contributed by atoms with Gasteiger partial charge in [0.1, 0.15) is 0 Å². The number of ether oxygens (including phenoxy) is 2. The molecule has 0 aliphatic heterocycles. The first-order chi connectivity index (χ1) is 5.66. The van der Waals surface area contributed by atoms with Gasteiger partial charge >= 0.3 is 0 Å². The zero-order chi connectivity index (χ0) is 9.24. The zero-order valence-corrected chi connectivity index (χ0v) is 10.6. The summed E-state index contributed by atoms with van der Waals surface area (Å²) in [6.07, 6.45) is 1.92. The second kappa shape index (κ2) is 3.95. The van der Waals surface area contributed by atoms with Gasteiger partial charge in [0.15, 0.2) is 5.79 Å². The first-order valence-corrected chi connectivity index (χ1v) is 6.12. The first-order valence-electron chi connectivity index (χ1n) is 3.88. The third kappa shape index (κ3) is 1.72. The van der Waals surface area contributed by atoms with Gasteiger partial charge in [0.05, 0.1) is 0 Å². The Bertz CT molecular complexity index is 127. The van der Waals surface area contributed by atoms with Crippen molar-refractivity contribution in [3.63, 3.8) is 0 Å². The number of hydrogen-bond acceptors (Lipinski definition) is 2. The molecule has 2 nitrogen and oxygen atoms in total. The molecule has 0 radical (unpaired) electrons. The predicted octanol–water partition coefficient (Wildman–Crippen LogP) is 2.55. The fourth-order valence-electron chi connectivity index (χ4n) is 1.69. The molecular weight excluding hydrogens is 288 g/mol. The van der Waals surface area contributed by atoms with E-state index in [9.17, 15) is 0 Å². The van der Waals surface area contributed by atoms with E-state index in [0.717, 1.165) is 23.5 Å². The maximum absolute atomic E-state index is 5.32. The van der Waals surface area contributed by atoms with E-state index in [0.29, 0.717) is 5.41 Å². The highest BCUT2D eigenvalue weighted by molar-refractivity contribution is 9.09. The van der Waals surface area contributed by atoms with Crippen LogP contribution in [-0.4, -0.2) is 30.7 Å². The van der Waals surface area contributed by atoms with Gasteiger partial charge < -0.3 is 9.47 Å². The minimum absolute atomic E-state index is 0.318. The van der Waals surface area contributed by atoms with Crippen molar-refractivity contribution in [3.05, 3.63) is 0 Å². The Morgan fingerprint density at radius 1 is 1.08 bits per heavy atom. The summed E-state index contributed by atoms with van der Waals surface area (Å²) in [5, 5.41) is 2.00. The van der Waals surface area contributed by atoms with Gasteiger partial charge in [-0.1, -0.05) is 31.9 Å². The summed E-state index contributed by atoms with van der Waals surface area (Å²) in [4.78, 5) is 0. The lowest BCUT2D eigenvalue weighted by Crippen LogP contribution is -2.56. The van der Waals surface area contributed by atoms with E-state index in [4.69, 9.17) is 9.47 Å². The molecule has 1 fully saturated rings. The number of rotatable bonds is 4. The number of hydrogen-bond donors (Lipinski definition) is 0. The summed E-state index contributed by atoms with van der Waals surface area (Å²) in [6.45, 7) is 0. The molecular formula is C8H14Br2O2. The molecule has 0 amide bonds. The van der Waals surface area contributed by atoms with Crippen LogP contribution in [0.1, 0.15) is 12.8 Å². The average molecular weight is 302 g/mol. The van der Waals surface area contributed by atoms with E-state index in [1.807, 2.05) is 0 Å². The highest BCUT2D eigenvalue weighted by atomic mass is 79.9. The van der Waals surface area contributed by atoms with Gasteiger partial charge in [0.25, 0.3) is 0 Å². The lowest BCUT2D eigenvalue weighted by molar-refractivity contribution is -0.287. The fourth-order valence-corrected chi connectivity index (χ4v) is 3.41. The monoisotopic (exact) mass is 300 g/mol. The molecule has 0 saturated heterocycles. The van der Waals surface area contributed by atoms with Crippen LogP contribution in [0.15, 0.2) is 0 Å². The van der Waals surface area contributed by atoms with Crippen LogP contribution in [0.5, 0.6) is 0 Å². The minimum atomic E-state index is -0.318. The van der Waals surface area contributed by atoms with Gasteiger partial charge in [-0.3, -0.25) is 0 Å². The Kier molecular flexibility index (Phi) is 3.60. The normalized spacial score (nSPS) is 25.0. The molecule has 72 valence electrons. The summed E-state index contributed by atoms with van der Waals surface area (Å²) >= 11 is 7.02. The number of methoxy groups -OCH3 is 2. The Labute approximate surface area is 90.3 Å². The SMILES string of the molecule is COC1(OC)CC(CBr)(CBr)C1. The molecule has 0 spiro atoms. The van der Waals surface area contributed by atoms with Crippen molar-refractivity contribution in [2.24, 2.45) is 5.41 Å². The van der Waals surface area contributed by atoms with Crippen LogP contribution in [0.25, 0.3) is 0 Å².